The van der Waals surface area contributed by atoms with Crippen molar-refractivity contribution < 1.29 is 19.0 Å². The summed E-state index contributed by atoms with van der Waals surface area (Å²) in [5, 5.41) is 19.1. The van der Waals surface area contributed by atoms with E-state index in [0.717, 1.165) is 23.5 Å². The minimum absolute atomic E-state index is 0.0228. The second-order valence-corrected chi connectivity index (χ2v) is 7.05. The Morgan fingerprint density at radius 3 is 3.00 bits per heavy atom. The molecule has 0 bridgehead atoms. The molecule has 3 heterocycles. The molecule has 164 valence electrons. The van der Waals surface area contributed by atoms with Gasteiger partial charge in [-0.25, -0.2) is 0 Å². The number of anilines is 1. The van der Waals surface area contributed by atoms with Gasteiger partial charge in [-0.2, -0.15) is 4.52 Å². The van der Waals surface area contributed by atoms with Crippen molar-refractivity contribution in [2.24, 2.45) is 0 Å². The van der Waals surface area contributed by atoms with E-state index in [4.69, 9.17) is 14.2 Å². The van der Waals surface area contributed by atoms with E-state index in [1.807, 2.05) is 37.3 Å². The third-order valence-corrected chi connectivity index (χ3v) is 4.81. The fraction of sp³-hybridized carbons (Fsp3) is 0.429. The largest absolute Gasteiger partial charge is 0.454 e. The van der Waals surface area contributed by atoms with Crippen LogP contribution in [0.1, 0.15) is 31.2 Å². The van der Waals surface area contributed by atoms with Crippen LogP contribution < -0.4 is 20.1 Å². The van der Waals surface area contributed by atoms with Crippen LogP contribution in [0, 0.1) is 0 Å². The Balaban J connectivity index is 1.31. The second kappa shape index (κ2) is 10.1. The van der Waals surface area contributed by atoms with Crippen molar-refractivity contribution in [1.82, 2.24) is 25.1 Å². The number of aryl methyl sites for hydroxylation is 1. The number of amides is 1. The number of carbonyl (C=O) groups is 1. The summed E-state index contributed by atoms with van der Waals surface area (Å²) in [6.07, 6.45) is 1.58. The Labute approximate surface area is 179 Å². The van der Waals surface area contributed by atoms with Crippen LogP contribution in [0.5, 0.6) is 11.5 Å². The molecule has 0 aliphatic carbocycles. The maximum absolute atomic E-state index is 12.1. The van der Waals surface area contributed by atoms with Gasteiger partial charge in [-0.3, -0.25) is 4.79 Å². The molecule has 2 aromatic heterocycles. The van der Waals surface area contributed by atoms with Gasteiger partial charge in [-0.05, 0) is 43.2 Å². The van der Waals surface area contributed by atoms with Crippen LogP contribution in [0.3, 0.4) is 0 Å². The molecule has 2 N–H and O–H groups in total. The first kappa shape index (κ1) is 20.9. The van der Waals surface area contributed by atoms with E-state index in [1.165, 1.54) is 0 Å². The molecule has 1 aliphatic rings. The standard InChI is InChI=1S/C21H26N6O4/c1-2-29-11-3-10-22-21(28)9-8-20-25-24-19-7-6-18(26-27(19)20)23-13-15-4-5-16-17(12-15)31-14-30-16/h4-7,12H,2-3,8-11,13-14H2,1H3,(H,22,28)(H,23,26). The molecule has 3 aromatic rings. The minimum atomic E-state index is -0.0228. The second-order valence-electron chi connectivity index (χ2n) is 7.05. The van der Waals surface area contributed by atoms with Crippen molar-refractivity contribution in [2.45, 2.75) is 32.7 Å². The zero-order valence-corrected chi connectivity index (χ0v) is 17.5. The number of hydrogen-bond acceptors (Lipinski definition) is 8. The third kappa shape index (κ3) is 5.40. The molecule has 0 saturated heterocycles. The Morgan fingerprint density at radius 2 is 2.10 bits per heavy atom. The quantitative estimate of drug-likeness (QED) is 0.448. The molecule has 0 spiro atoms. The molecule has 0 saturated carbocycles. The Bertz CT molecular complexity index is 1040. The summed E-state index contributed by atoms with van der Waals surface area (Å²) in [6, 6.07) is 9.53. The molecule has 0 unspecified atom stereocenters. The predicted octanol–water partition coefficient (Wildman–Crippen LogP) is 1.94. The van der Waals surface area contributed by atoms with Crippen LogP contribution >= 0.6 is 0 Å². The van der Waals surface area contributed by atoms with Gasteiger partial charge < -0.3 is 24.8 Å². The lowest BCUT2D eigenvalue weighted by Gasteiger charge is -2.08. The summed E-state index contributed by atoms with van der Waals surface area (Å²) in [5.41, 5.74) is 1.69. The van der Waals surface area contributed by atoms with Gasteiger partial charge in [0, 0.05) is 39.1 Å². The molecular formula is C21H26N6O4. The van der Waals surface area contributed by atoms with Crippen LogP contribution in [-0.4, -0.2) is 52.3 Å². The van der Waals surface area contributed by atoms with Crippen molar-refractivity contribution in [2.75, 3.05) is 31.9 Å². The molecule has 1 amide bonds. The molecule has 10 nitrogen and oxygen atoms in total. The fourth-order valence-corrected chi connectivity index (χ4v) is 3.19. The number of aromatic nitrogens is 4. The van der Waals surface area contributed by atoms with E-state index in [2.05, 4.69) is 25.9 Å². The van der Waals surface area contributed by atoms with Crippen LogP contribution in [0.4, 0.5) is 5.82 Å². The number of carbonyl (C=O) groups excluding carboxylic acids is 1. The molecule has 0 atom stereocenters. The van der Waals surface area contributed by atoms with Gasteiger partial charge >= 0.3 is 0 Å². The van der Waals surface area contributed by atoms with E-state index in [9.17, 15) is 4.79 Å². The van der Waals surface area contributed by atoms with E-state index in [-0.39, 0.29) is 12.7 Å². The maximum Gasteiger partial charge on any atom is 0.231 e. The van der Waals surface area contributed by atoms with Crippen LogP contribution in [0.15, 0.2) is 30.3 Å². The van der Waals surface area contributed by atoms with Gasteiger partial charge in [0.25, 0.3) is 0 Å². The van der Waals surface area contributed by atoms with Gasteiger partial charge in [0.1, 0.15) is 5.82 Å². The van der Waals surface area contributed by atoms with E-state index in [1.54, 1.807) is 4.52 Å². The first-order valence-corrected chi connectivity index (χ1v) is 10.4. The molecule has 1 aliphatic heterocycles. The zero-order chi connectivity index (χ0) is 21.5. The average Bonchev–Trinajstić information content (AvgIpc) is 3.42. The summed E-state index contributed by atoms with van der Waals surface area (Å²) in [6.45, 7) is 4.73. The lowest BCUT2D eigenvalue weighted by atomic mass is 10.2. The summed E-state index contributed by atoms with van der Waals surface area (Å²) < 4.78 is 17.7. The lowest BCUT2D eigenvalue weighted by molar-refractivity contribution is -0.121. The zero-order valence-electron chi connectivity index (χ0n) is 17.5. The average molecular weight is 426 g/mol. The van der Waals surface area contributed by atoms with Gasteiger partial charge in [0.2, 0.25) is 12.7 Å². The number of nitrogens with one attached hydrogen (secondary N) is 2. The van der Waals surface area contributed by atoms with E-state index >= 15 is 0 Å². The number of hydrogen-bond donors (Lipinski definition) is 2. The van der Waals surface area contributed by atoms with Gasteiger partial charge in [-0.1, -0.05) is 6.07 Å². The first-order valence-electron chi connectivity index (χ1n) is 10.4. The number of ether oxygens (including phenoxy) is 3. The van der Waals surface area contributed by atoms with Crippen molar-refractivity contribution in [1.29, 1.82) is 0 Å². The fourth-order valence-electron chi connectivity index (χ4n) is 3.19. The Hall–Kier alpha value is -3.40. The lowest BCUT2D eigenvalue weighted by Crippen LogP contribution is -2.25. The van der Waals surface area contributed by atoms with E-state index in [0.29, 0.717) is 56.4 Å². The highest BCUT2D eigenvalue weighted by Gasteiger charge is 2.14. The van der Waals surface area contributed by atoms with Crippen LogP contribution in [0.25, 0.3) is 5.65 Å². The monoisotopic (exact) mass is 426 g/mol. The molecule has 31 heavy (non-hydrogen) atoms. The molecule has 1 aromatic carbocycles. The van der Waals surface area contributed by atoms with Crippen LogP contribution in [0.2, 0.25) is 0 Å². The van der Waals surface area contributed by atoms with Gasteiger partial charge in [0.05, 0.1) is 0 Å². The predicted molar refractivity (Wildman–Crippen MR) is 113 cm³/mol. The summed E-state index contributed by atoms with van der Waals surface area (Å²) in [4.78, 5) is 12.1. The third-order valence-electron chi connectivity index (χ3n) is 4.81. The SMILES string of the molecule is CCOCCCNC(=O)CCc1nnc2ccc(NCc3ccc4c(c3)OCO4)nn12. The molecule has 10 heteroatoms. The topological polar surface area (TPSA) is 112 Å². The Morgan fingerprint density at radius 1 is 1.19 bits per heavy atom. The summed E-state index contributed by atoms with van der Waals surface area (Å²) >= 11 is 0. The van der Waals surface area contributed by atoms with Crippen molar-refractivity contribution in [3.8, 4) is 11.5 Å². The van der Waals surface area contributed by atoms with Gasteiger partial charge in [-0.15, -0.1) is 15.3 Å². The normalized spacial score (nSPS) is 12.3. The molecular weight excluding hydrogens is 400 g/mol. The van der Waals surface area contributed by atoms with Crippen molar-refractivity contribution in [3.05, 3.63) is 41.7 Å². The number of benzene rings is 1. The maximum atomic E-state index is 12.1. The highest BCUT2D eigenvalue weighted by molar-refractivity contribution is 5.76. The number of nitrogens with zero attached hydrogens (tertiary/aromatic N) is 4. The van der Waals surface area contributed by atoms with Gasteiger partial charge in [0.15, 0.2) is 23.0 Å². The number of rotatable bonds is 11. The highest BCUT2D eigenvalue weighted by Crippen LogP contribution is 2.32. The van der Waals surface area contributed by atoms with Crippen molar-refractivity contribution >= 4 is 17.4 Å². The summed E-state index contributed by atoms with van der Waals surface area (Å²) in [7, 11) is 0. The van der Waals surface area contributed by atoms with Crippen LogP contribution in [-0.2, 0) is 22.5 Å². The molecule has 0 radical (unpaired) electrons. The molecule has 4 rings (SSSR count). The van der Waals surface area contributed by atoms with Crippen molar-refractivity contribution in [3.63, 3.8) is 0 Å². The number of fused-ring (bicyclic) bond motifs is 2. The summed E-state index contributed by atoms with van der Waals surface area (Å²) in [5.74, 6) is 2.82. The van der Waals surface area contributed by atoms with E-state index < -0.39 is 0 Å². The molecule has 0 fully saturated rings. The Kier molecular flexibility index (Phi) is 6.78. The highest BCUT2D eigenvalue weighted by atomic mass is 16.7. The minimum Gasteiger partial charge on any atom is -0.454 e. The first-order chi connectivity index (χ1) is 15.2. The smallest absolute Gasteiger partial charge is 0.231 e.